The number of ether oxygens (including phenoxy) is 1. The van der Waals surface area contributed by atoms with Gasteiger partial charge in [0.1, 0.15) is 0 Å². The Hall–Kier alpha value is -3.18. The van der Waals surface area contributed by atoms with Gasteiger partial charge in [0.2, 0.25) is 0 Å². The topological polar surface area (TPSA) is 59.0 Å². The Labute approximate surface area is 174 Å². The highest BCUT2D eigenvalue weighted by Gasteiger charge is 2.29. The van der Waals surface area contributed by atoms with Crippen LogP contribution in [-0.4, -0.2) is 23.7 Å². The van der Waals surface area contributed by atoms with Crippen LogP contribution < -0.4 is 5.01 Å². The van der Waals surface area contributed by atoms with Gasteiger partial charge in [0.15, 0.2) is 0 Å². The van der Waals surface area contributed by atoms with Crippen molar-refractivity contribution in [3.05, 3.63) is 82.4 Å². The van der Waals surface area contributed by atoms with Crippen molar-refractivity contribution in [2.75, 3.05) is 5.01 Å². The Balaban J connectivity index is 1.84. The summed E-state index contributed by atoms with van der Waals surface area (Å²) in [6.07, 6.45) is 5.19. The zero-order valence-electron chi connectivity index (χ0n) is 16.4. The second-order valence-corrected chi connectivity index (χ2v) is 7.18. The number of amides is 1. The molecule has 148 valence electrons. The van der Waals surface area contributed by atoms with Crippen LogP contribution in [0.15, 0.2) is 71.4 Å². The molecule has 0 unspecified atom stereocenters. The number of hydrazone groups is 1. The summed E-state index contributed by atoms with van der Waals surface area (Å²) in [5, 5.41) is 5.86. The van der Waals surface area contributed by atoms with E-state index in [1.807, 2.05) is 42.5 Å². The summed E-state index contributed by atoms with van der Waals surface area (Å²) in [6, 6.07) is 14.5. The smallest absolute Gasteiger partial charge is 0.339 e. The van der Waals surface area contributed by atoms with Crippen LogP contribution in [0.2, 0.25) is 5.02 Å². The largest absolute Gasteiger partial charge is 0.459 e. The highest BCUT2D eigenvalue weighted by atomic mass is 35.5. The van der Waals surface area contributed by atoms with E-state index < -0.39 is 5.97 Å². The molecule has 0 N–H and O–H groups in total. The van der Waals surface area contributed by atoms with E-state index in [2.05, 4.69) is 5.10 Å². The van der Waals surface area contributed by atoms with Crippen molar-refractivity contribution in [1.82, 2.24) is 0 Å². The predicted molar refractivity (Wildman–Crippen MR) is 116 cm³/mol. The number of anilines is 1. The van der Waals surface area contributed by atoms with Gasteiger partial charge >= 0.3 is 5.97 Å². The summed E-state index contributed by atoms with van der Waals surface area (Å²) in [5.41, 5.74) is 2.75. The van der Waals surface area contributed by atoms with Gasteiger partial charge < -0.3 is 4.74 Å². The first kappa shape index (κ1) is 20.6. The monoisotopic (exact) mass is 408 g/mol. The first-order valence-corrected chi connectivity index (χ1v) is 9.58. The van der Waals surface area contributed by atoms with Gasteiger partial charge in [-0.25, -0.2) is 4.79 Å². The fourth-order valence-electron chi connectivity index (χ4n) is 2.78. The van der Waals surface area contributed by atoms with Gasteiger partial charge in [0.25, 0.3) is 5.91 Å². The predicted octanol–water partition coefficient (Wildman–Crippen LogP) is 5.27. The van der Waals surface area contributed by atoms with Crippen molar-refractivity contribution in [1.29, 1.82) is 0 Å². The second-order valence-electron chi connectivity index (χ2n) is 6.77. The third-order valence-electron chi connectivity index (χ3n) is 4.17. The quantitative estimate of drug-likeness (QED) is 0.500. The van der Waals surface area contributed by atoms with Crippen LogP contribution in [0, 0.1) is 0 Å². The van der Waals surface area contributed by atoms with E-state index in [9.17, 15) is 9.59 Å². The summed E-state index contributed by atoms with van der Waals surface area (Å²) in [7, 11) is 0. The molecule has 0 aliphatic carbocycles. The Bertz CT molecular complexity index is 1020. The highest BCUT2D eigenvalue weighted by Crippen LogP contribution is 2.28. The lowest BCUT2D eigenvalue weighted by Crippen LogP contribution is -2.22. The molecule has 0 saturated carbocycles. The number of halogens is 1. The lowest BCUT2D eigenvalue weighted by Gasteiger charge is -2.14. The van der Waals surface area contributed by atoms with Crippen molar-refractivity contribution in [2.24, 2.45) is 5.10 Å². The lowest BCUT2D eigenvalue weighted by molar-refractivity contribution is -0.114. The highest BCUT2D eigenvalue weighted by molar-refractivity contribution is 6.34. The summed E-state index contributed by atoms with van der Waals surface area (Å²) in [6.45, 7) is 5.28. The molecule has 29 heavy (non-hydrogen) atoms. The normalized spacial score (nSPS) is 15.5. The molecular formula is C23H21ClN2O3. The van der Waals surface area contributed by atoms with Crippen LogP contribution in [-0.2, 0) is 9.53 Å². The average molecular weight is 409 g/mol. The minimum atomic E-state index is -0.541. The molecule has 1 aliphatic heterocycles. The molecule has 6 heteroatoms. The van der Waals surface area contributed by atoms with Crippen LogP contribution in [0.3, 0.4) is 0 Å². The van der Waals surface area contributed by atoms with Crippen LogP contribution in [0.4, 0.5) is 5.69 Å². The van der Waals surface area contributed by atoms with Gasteiger partial charge in [0, 0.05) is 0 Å². The molecule has 0 bridgehead atoms. The zero-order valence-corrected chi connectivity index (χ0v) is 17.2. The number of esters is 1. The van der Waals surface area contributed by atoms with Crippen LogP contribution in [0.5, 0.6) is 0 Å². The summed E-state index contributed by atoms with van der Waals surface area (Å²) < 4.78 is 5.22. The molecule has 5 nitrogen and oxygen atoms in total. The molecule has 0 atom stereocenters. The van der Waals surface area contributed by atoms with E-state index in [1.165, 1.54) is 11.1 Å². The first-order chi connectivity index (χ1) is 13.9. The van der Waals surface area contributed by atoms with Gasteiger partial charge in [-0.1, -0.05) is 54.1 Å². The SMILES string of the molecule is CC1=NN(c2ccc(Cl)c(C(=O)OC(C)C)c2)C(=O)/C1=C\C=C/c1ccccc1. The lowest BCUT2D eigenvalue weighted by atomic mass is 10.1. The maximum Gasteiger partial charge on any atom is 0.339 e. The van der Waals surface area contributed by atoms with E-state index >= 15 is 0 Å². The van der Waals surface area contributed by atoms with Crippen LogP contribution in [0.25, 0.3) is 6.08 Å². The molecule has 2 aromatic rings. The molecule has 0 saturated heterocycles. The van der Waals surface area contributed by atoms with Gasteiger partial charge in [-0.05, 0) is 50.6 Å². The van der Waals surface area contributed by atoms with E-state index in [0.717, 1.165) is 5.56 Å². The Morgan fingerprint density at radius 3 is 2.59 bits per heavy atom. The van der Waals surface area contributed by atoms with E-state index in [-0.39, 0.29) is 22.6 Å². The first-order valence-electron chi connectivity index (χ1n) is 9.21. The third-order valence-corrected chi connectivity index (χ3v) is 4.50. The number of nitrogens with zero attached hydrogens (tertiary/aromatic N) is 2. The Kier molecular flexibility index (Phi) is 6.29. The van der Waals surface area contributed by atoms with Crippen molar-refractivity contribution in [3.63, 3.8) is 0 Å². The number of allylic oxidation sites excluding steroid dienone is 2. The molecule has 1 aliphatic rings. The summed E-state index contributed by atoms with van der Waals surface area (Å²) in [5.74, 6) is -0.813. The summed E-state index contributed by atoms with van der Waals surface area (Å²) in [4.78, 5) is 25.1. The van der Waals surface area contributed by atoms with Crippen molar-refractivity contribution < 1.29 is 14.3 Å². The fraction of sp³-hybridized carbons (Fsp3) is 0.174. The molecule has 0 spiro atoms. The molecule has 1 heterocycles. The number of carbonyl (C=O) groups is 2. The molecular weight excluding hydrogens is 388 g/mol. The van der Waals surface area contributed by atoms with E-state index in [4.69, 9.17) is 16.3 Å². The fourth-order valence-corrected chi connectivity index (χ4v) is 2.98. The molecule has 0 fully saturated rings. The van der Waals surface area contributed by atoms with Crippen molar-refractivity contribution in [3.8, 4) is 0 Å². The molecule has 1 amide bonds. The number of benzene rings is 2. The van der Waals surface area contributed by atoms with Gasteiger partial charge in [0.05, 0.1) is 33.7 Å². The summed E-state index contributed by atoms with van der Waals surface area (Å²) >= 11 is 6.14. The van der Waals surface area contributed by atoms with Crippen LogP contribution >= 0.6 is 11.6 Å². The van der Waals surface area contributed by atoms with E-state index in [0.29, 0.717) is 17.0 Å². The van der Waals surface area contributed by atoms with Crippen molar-refractivity contribution in [2.45, 2.75) is 26.9 Å². The Morgan fingerprint density at radius 1 is 1.17 bits per heavy atom. The number of carbonyl (C=O) groups excluding carboxylic acids is 2. The standard InChI is InChI=1S/C23H21ClN2O3/c1-15(2)29-23(28)20-14-18(12-13-21(20)24)26-22(27)19(16(3)25-26)11-7-10-17-8-5-4-6-9-17/h4-15H,1-3H3/b10-7-,19-11-. The average Bonchev–Trinajstić information content (AvgIpc) is 2.97. The molecule has 3 rings (SSSR count). The number of rotatable bonds is 5. The van der Waals surface area contributed by atoms with Crippen molar-refractivity contribution >= 4 is 41.0 Å². The maximum atomic E-state index is 12.9. The van der Waals surface area contributed by atoms with E-state index in [1.54, 1.807) is 39.0 Å². The minimum absolute atomic E-state index is 0.194. The third kappa shape index (κ3) is 4.81. The minimum Gasteiger partial charge on any atom is -0.459 e. The molecule has 0 aromatic heterocycles. The maximum absolute atomic E-state index is 12.9. The Morgan fingerprint density at radius 2 is 1.90 bits per heavy atom. The molecule has 0 radical (unpaired) electrons. The number of hydrogen-bond donors (Lipinski definition) is 0. The van der Waals surface area contributed by atoms with Gasteiger partial charge in [-0.2, -0.15) is 10.1 Å². The second kappa shape index (κ2) is 8.88. The number of hydrogen-bond acceptors (Lipinski definition) is 4. The molecule has 2 aromatic carbocycles. The zero-order chi connectivity index (χ0) is 21.0. The van der Waals surface area contributed by atoms with Crippen LogP contribution in [0.1, 0.15) is 36.7 Å². The van der Waals surface area contributed by atoms with Gasteiger partial charge in [-0.15, -0.1) is 0 Å². The van der Waals surface area contributed by atoms with Gasteiger partial charge in [-0.3, -0.25) is 4.79 Å².